The van der Waals surface area contributed by atoms with Crippen molar-refractivity contribution >= 4 is 23.7 Å². The molecule has 9 heteroatoms. The number of pyridine rings is 1. The molecule has 1 aromatic heterocycles. The van der Waals surface area contributed by atoms with Crippen molar-refractivity contribution in [3.63, 3.8) is 0 Å². The number of carbonyl (C=O) groups excluding carboxylic acids is 1. The van der Waals surface area contributed by atoms with Gasteiger partial charge in [0.15, 0.2) is 0 Å². The molecule has 3 heterocycles. The van der Waals surface area contributed by atoms with Crippen LogP contribution in [-0.4, -0.2) is 58.1 Å². The third-order valence-electron chi connectivity index (χ3n) is 9.81. The number of nitrogens with zero attached hydrogens (tertiary/aromatic N) is 3. The molecule has 4 aromatic rings. The number of aliphatic hydroxyl groups is 1. The van der Waals surface area contributed by atoms with Gasteiger partial charge in [-0.1, -0.05) is 54.6 Å². The van der Waals surface area contributed by atoms with Crippen molar-refractivity contribution in [3.8, 4) is 11.1 Å². The van der Waals surface area contributed by atoms with Crippen molar-refractivity contribution < 1.29 is 23.1 Å². The molecule has 2 aliphatic rings. The van der Waals surface area contributed by atoms with Gasteiger partial charge in [-0.05, 0) is 121 Å². The van der Waals surface area contributed by atoms with Crippen molar-refractivity contribution in [2.75, 3.05) is 31.5 Å². The van der Waals surface area contributed by atoms with E-state index >= 15 is 0 Å². The van der Waals surface area contributed by atoms with Crippen LogP contribution < -0.4 is 5.32 Å². The molecule has 0 aliphatic carbocycles. The molecule has 256 valence electrons. The van der Waals surface area contributed by atoms with Gasteiger partial charge in [0.05, 0.1) is 11.7 Å². The monoisotopic (exact) mass is 668 g/mol. The smallest absolute Gasteiger partial charge is 0.392 e. The van der Waals surface area contributed by atoms with E-state index in [-0.39, 0.29) is 17.6 Å². The molecule has 49 heavy (non-hydrogen) atoms. The maximum Gasteiger partial charge on any atom is 0.416 e. The van der Waals surface area contributed by atoms with Gasteiger partial charge in [0.2, 0.25) is 0 Å². The molecule has 2 saturated heterocycles. The number of hydrogen-bond donors (Lipinski definition) is 2. The summed E-state index contributed by atoms with van der Waals surface area (Å²) in [5, 5.41) is 12.8. The Hall–Kier alpha value is -4.31. The van der Waals surface area contributed by atoms with Gasteiger partial charge >= 0.3 is 6.18 Å². The Bertz CT molecular complexity index is 1850. The number of hydrogen-bond acceptors (Lipinski definition) is 5. The third kappa shape index (κ3) is 8.12. The van der Waals surface area contributed by atoms with Gasteiger partial charge in [-0.25, -0.2) is 0 Å². The predicted molar refractivity (Wildman–Crippen MR) is 189 cm³/mol. The van der Waals surface area contributed by atoms with Crippen molar-refractivity contribution in [3.05, 3.63) is 117 Å². The molecule has 3 aromatic carbocycles. The summed E-state index contributed by atoms with van der Waals surface area (Å²) in [6, 6.07) is 18.1. The summed E-state index contributed by atoms with van der Waals surface area (Å²) in [5.74, 6) is -0.320. The Morgan fingerprint density at radius 3 is 2.29 bits per heavy atom. The number of halogens is 3. The Morgan fingerprint density at radius 1 is 0.898 bits per heavy atom. The summed E-state index contributed by atoms with van der Waals surface area (Å²) >= 11 is 0. The zero-order valence-corrected chi connectivity index (χ0v) is 28.3. The van der Waals surface area contributed by atoms with Gasteiger partial charge in [0.25, 0.3) is 5.91 Å². The first-order valence-electron chi connectivity index (χ1n) is 16.9. The lowest BCUT2D eigenvalue weighted by Crippen LogP contribution is -2.21. The minimum absolute atomic E-state index is 0.150. The summed E-state index contributed by atoms with van der Waals surface area (Å²) in [6.45, 7) is 10.3. The molecular formula is C40H43F3N4O2. The number of carbonyl (C=O) groups is 1. The molecule has 0 saturated carbocycles. The van der Waals surface area contributed by atoms with Gasteiger partial charge < -0.3 is 10.4 Å². The number of anilines is 1. The van der Waals surface area contributed by atoms with E-state index in [9.17, 15) is 23.1 Å². The Kier molecular flexibility index (Phi) is 10.3. The average molecular weight is 669 g/mol. The molecule has 6 rings (SSSR count). The first-order valence-corrected chi connectivity index (χ1v) is 16.9. The predicted octanol–water partition coefficient (Wildman–Crippen LogP) is 8.28. The van der Waals surface area contributed by atoms with Gasteiger partial charge in [-0.3, -0.25) is 19.6 Å². The number of β-amino-alcohol motifs (C(OH)–C–C–N with tert-alkyl or cyclic N) is 1. The van der Waals surface area contributed by atoms with E-state index in [0.29, 0.717) is 31.0 Å². The van der Waals surface area contributed by atoms with E-state index in [0.717, 1.165) is 83.4 Å². The van der Waals surface area contributed by atoms with Gasteiger partial charge in [0, 0.05) is 38.1 Å². The normalized spacial score (nSPS) is 17.3. The Morgan fingerprint density at radius 2 is 1.61 bits per heavy atom. The molecule has 0 spiro atoms. The van der Waals surface area contributed by atoms with E-state index in [2.05, 4.69) is 20.1 Å². The van der Waals surface area contributed by atoms with E-state index in [1.807, 2.05) is 63.2 Å². The van der Waals surface area contributed by atoms with Crippen LogP contribution in [0.1, 0.15) is 74.3 Å². The van der Waals surface area contributed by atoms with Crippen LogP contribution in [0.4, 0.5) is 18.9 Å². The molecule has 1 atom stereocenters. The Balaban J connectivity index is 1.21. The summed E-state index contributed by atoms with van der Waals surface area (Å²) in [5.41, 5.74) is 7.49. The van der Waals surface area contributed by atoms with Crippen LogP contribution in [0.5, 0.6) is 0 Å². The number of nitrogens with one attached hydrogen (secondary N) is 1. The fourth-order valence-electron chi connectivity index (χ4n) is 6.93. The second kappa shape index (κ2) is 14.7. The number of likely N-dealkylation sites (tertiary alicyclic amines) is 2. The number of rotatable bonds is 9. The van der Waals surface area contributed by atoms with Crippen LogP contribution in [-0.2, 0) is 19.3 Å². The molecule has 2 fully saturated rings. The average Bonchev–Trinajstić information content (AvgIpc) is 3.74. The molecule has 0 unspecified atom stereocenters. The minimum Gasteiger partial charge on any atom is -0.392 e. The fourth-order valence-corrected chi connectivity index (χ4v) is 6.93. The maximum absolute atomic E-state index is 14.3. The SMILES string of the molecule is Cc1cc(/C=C/c2cccc(-c3cccc(NC(=O)c4ccc(CN5CC[C@@H](O)C5)cn4)c3C)c2C)c(C(F)(F)F)cc1CN1CCCC1. The largest absolute Gasteiger partial charge is 0.416 e. The van der Waals surface area contributed by atoms with Crippen molar-refractivity contribution in [1.29, 1.82) is 0 Å². The van der Waals surface area contributed by atoms with Crippen molar-refractivity contribution in [1.82, 2.24) is 14.8 Å². The molecule has 2 aliphatic heterocycles. The lowest BCUT2D eigenvalue weighted by molar-refractivity contribution is -0.137. The number of amides is 1. The second-order valence-electron chi connectivity index (χ2n) is 13.4. The van der Waals surface area contributed by atoms with E-state index in [1.54, 1.807) is 30.5 Å². The zero-order valence-electron chi connectivity index (χ0n) is 28.3. The highest BCUT2D eigenvalue weighted by molar-refractivity contribution is 6.03. The summed E-state index contributed by atoms with van der Waals surface area (Å²) in [6.07, 6.45) is 3.20. The van der Waals surface area contributed by atoms with Crippen LogP contribution >= 0.6 is 0 Å². The van der Waals surface area contributed by atoms with Crippen LogP contribution in [0.25, 0.3) is 23.3 Å². The summed E-state index contributed by atoms with van der Waals surface area (Å²) in [4.78, 5) is 21.9. The topological polar surface area (TPSA) is 68.7 Å². The zero-order chi connectivity index (χ0) is 34.7. The van der Waals surface area contributed by atoms with Crippen molar-refractivity contribution in [2.45, 2.75) is 65.4 Å². The van der Waals surface area contributed by atoms with E-state index in [4.69, 9.17) is 0 Å². The number of aromatic nitrogens is 1. The third-order valence-corrected chi connectivity index (χ3v) is 9.81. The molecular weight excluding hydrogens is 625 g/mol. The summed E-state index contributed by atoms with van der Waals surface area (Å²) < 4.78 is 42.8. The molecule has 1 amide bonds. The molecule has 0 radical (unpaired) electrons. The Labute approximate surface area is 286 Å². The van der Waals surface area contributed by atoms with E-state index in [1.165, 1.54) is 6.07 Å². The molecule has 2 N–H and O–H groups in total. The molecule has 0 bridgehead atoms. The number of alkyl halides is 3. The standard InChI is InChI=1S/C40H43F3N4O2/c1-26-20-31(36(40(41,42)43)21-32(26)24-46-17-4-5-18-46)14-13-30-8-6-9-34(27(30)2)35-10-7-11-37(28(35)3)45-39(49)38-15-12-29(22-44-38)23-47-19-16-33(48)25-47/h6-15,20-22,33,48H,4-5,16-19,23-25H2,1-3H3,(H,45,49)/b14-13+/t33-/m1/s1. The first-order chi connectivity index (χ1) is 23.5. The minimum atomic E-state index is -4.47. The highest BCUT2D eigenvalue weighted by atomic mass is 19.4. The quantitative estimate of drug-likeness (QED) is 0.176. The van der Waals surface area contributed by atoms with Gasteiger partial charge in [-0.15, -0.1) is 0 Å². The maximum atomic E-state index is 14.3. The molecule has 6 nitrogen and oxygen atoms in total. The lowest BCUT2D eigenvalue weighted by atomic mass is 9.92. The van der Waals surface area contributed by atoms with Crippen molar-refractivity contribution in [2.24, 2.45) is 0 Å². The van der Waals surface area contributed by atoms with Crippen LogP contribution in [0.15, 0.2) is 66.9 Å². The highest BCUT2D eigenvalue weighted by Gasteiger charge is 2.33. The fraction of sp³-hybridized carbons (Fsp3) is 0.350. The van der Waals surface area contributed by atoms with Crippen LogP contribution in [0, 0.1) is 20.8 Å². The second-order valence-corrected chi connectivity index (χ2v) is 13.4. The first kappa shape index (κ1) is 34.5. The number of benzene rings is 3. The highest BCUT2D eigenvalue weighted by Crippen LogP contribution is 2.37. The van der Waals surface area contributed by atoms with Gasteiger partial charge in [-0.2, -0.15) is 13.2 Å². The number of aryl methyl sites for hydroxylation is 1. The lowest BCUT2D eigenvalue weighted by Gasteiger charge is -2.19. The van der Waals surface area contributed by atoms with E-state index < -0.39 is 11.7 Å². The summed E-state index contributed by atoms with van der Waals surface area (Å²) in [7, 11) is 0. The van der Waals surface area contributed by atoms with Crippen LogP contribution in [0.3, 0.4) is 0 Å². The van der Waals surface area contributed by atoms with Gasteiger partial charge in [0.1, 0.15) is 5.69 Å². The van der Waals surface area contributed by atoms with Crippen LogP contribution in [0.2, 0.25) is 0 Å². The number of aliphatic hydroxyl groups excluding tert-OH is 1.